The Morgan fingerprint density at radius 3 is 2.50 bits per heavy atom. The van der Waals surface area contributed by atoms with E-state index in [2.05, 4.69) is 31.9 Å². The minimum absolute atomic E-state index is 0.0694. The van der Waals surface area contributed by atoms with Crippen molar-refractivity contribution in [2.75, 3.05) is 0 Å². The Kier molecular flexibility index (Phi) is 3.44. The fraction of sp³-hybridized carbons (Fsp3) is 0. The van der Waals surface area contributed by atoms with E-state index in [1.165, 1.54) is 36.4 Å². The molecule has 0 saturated heterocycles. The third-order valence-corrected chi connectivity index (χ3v) is 5.38. The van der Waals surface area contributed by atoms with Gasteiger partial charge in [-0.2, -0.15) is 0 Å². The molecule has 24 heavy (non-hydrogen) atoms. The number of aromatic nitrogens is 1. The van der Waals surface area contributed by atoms with Gasteiger partial charge < -0.3 is 17.6 Å². The molecule has 2 aliphatic heterocycles. The normalized spacial score (nSPS) is 18.2. The van der Waals surface area contributed by atoms with Crippen molar-refractivity contribution in [2.24, 2.45) is 0 Å². The fourth-order valence-electron chi connectivity index (χ4n) is 3.11. The summed E-state index contributed by atoms with van der Waals surface area (Å²) < 4.78 is 60.0. The fourth-order valence-corrected chi connectivity index (χ4v) is 4.24. The van der Waals surface area contributed by atoms with Gasteiger partial charge in [0.2, 0.25) is 4.62 Å². The van der Waals surface area contributed by atoms with Crippen LogP contribution in [0.25, 0.3) is 5.57 Å². The van der Waals surface area contributed by atoms with Gasteiger partial charge in [-0.3, -0.25) is 0 Å². The zero-order valence-electron chi connectivity index (χ0n) is 11.8. The van der Waals surface area contributed by atoms with E-state index in [0.29, 0.717) is 0 Å². The molecule has 1 aromatic heterocycles. The van der Waals surface area contributed by atoms with Crippen molar-refractivity contribution in [3.63, 3.8) is 0 Å². The molecule has 0 bridgehead atoms. The molecule has 3 heterocycles. The van der Waals surface area contributed by atoms with E-state index < -0.39 is 18.6 Å². The zero-order chi connectivity index (χ0) is 17.2. The second-order valence-corrected chi connectivity index (χ2v) is 7.01. The van der Waals surface area contributed by atoms with Gasteiger partial charge in [-0.05, 0) is 34.1 Å². The van der Waals surface area contributed by atoms with Crippen LogP contribution in [0.2, 0.25) is 0 Å². The molecule has 1 aromatic carbocycles. The smallest absolute Gasteiger partial charge is 0.389 e. The SMILES string of the molecule is Fc1cccc(C2=C3C=CC(Br)=[N+]3[B-](F)(F)n3c(Br)ccc32)c1F. The number of benzene rings is 1. The van der Waals surface area contributed by atoms with Crippen LogP contribution < -0.4 is 0 Å². The topological polar surface area (TPSA) is 7.94 Å². The average Bonchev–Trinajstić information content (AvgIpc) is 3.09. The lowest BCUT2D eigenvalue weighted by molar-refractivity contribution is -0.358. The molecule has 4 rings (SSSR count). The third-order valence-electron chi connectivity index (χ3n) is 4.09. The number of nitrogens with zero attached hydrogens (tertiary/aromatic N) is 2. The lowest BCUT2D eigenvalue weighted by Gasteiger charge is -2.32. The lowest BCUT2D eigenvalue weighted by atomic mass is 9.86. The van der Waals surface area contributed by atoms with Crippen molar-refractivity contribution >= 4 is 49.0 Å². The van der Waals surface area contributed by atoms with Crippen LogP contribution in [-0.4, -0.2) is 20.6 Å². The summed E-state index contributed by atoms with van der Waals surface area (Å²) in [6.45, 7) is -4.18. The summed E-state index contributed by atoms with van der Waals surface area (Å²) in [6.07, 6.45) is 2.92. The molecular formula is C15H7BBr2F4N2. The Morgan fingerprint density at radius 2 is 1.75 bits per heavy atom. The van der Waals surface area contributed by atoms with Crippen molar-refractivity contribution in [3.05, 3.63) is 75.7 Å². The number of halogens is 6. The molecular weight excluding hydrogens is 455 g/mol. The number of hydrogen-bond acceptors (Lipinski definition) is 0. The molecule has 0 radical (unpaired) electrons. The van der Waals surface area contributed by atoms with Gasteiger partial charge in [-0.1, -0.05) is 12.1 Å². The molecule has 2 nitrogen and oxygen atoms in total. The monoisotopic (exact) mass is 460 g/mol. The Bertz CT molecular complexity index is 991. The quantitative estimate of drug-likeness (QED) is 0.421. The van der Waals surface area contributed by atoms with Crippen LogP contribution in [-0.2, 0) is 0 Å². The standard InChI is InChI=1S/C15H7BBr2F4N2/c17-12-6-4-10-14(8-2-1-3-9(19)15(8)20)11-5-7-13(18)24(11)16(21,22)23(10)12/h1-7H. The van der Waals surface area contributed by atoms with Gasteiger partial charge in [-0.25, -0.2) is 8.78 Å². The molecule has 0 aliphatic carbocycles. The first-order valence-corrected chi connectivity index (χ1v) is 8.50. The lowest BCUT2D eigenvalue weighted by Crippen LogP contribution is -2.50. The van der Waals surface area contributed by atoms with E-state index in [1.54, 1.807) is 0 Å². The van der Waals surface area contributed by atoms with Gasteiger partial charge in [0.15, 0.2) is 17.3 Å². The minimum Gasteiger partial charge on any atom is -0.389 e. The Hall–Kier alpha value is -1.61. The predicted octanol–water partition coefficient (Wildman–Crippen LogP) is 4.90. The predicted molar refractivity (Wildman–Crippen MR) is 91.2 cm³/mol. The van der Waals surface area contributed by atoms with Crippen molar-refractivity contribution in [3.8, 4) is 0 Å². The van der Waals surface area contributed by atoms with Gasteiger partial charge >= 0.3 is 6.97 Å². The van der Waals surface area contributed by atoms with Gasteiger partial charge in [0, 0.05) is 39.3 Å². The van der Waals surface area contributed by atoms with Crippen LogP contribution in [0.1, 0.15) is 11.3 Å². The van der Waals surface area contributed by atoms with Gasteiger partial charge in [0.05, 0.1) is 10.2 Å². The Balaban J connectivity index is 2.15. The second-order valence-electron chi connectivity index (χ2n) is 5.39. The van der Waals surface area contributed by atoms with Crippen molar-refractivity contribution in [2.45, 2.75) is 0 Å². The summed E-state index contributed by atoms with van der Waals surface area (Å²) in [6, 6.07) is 6.64. The Morgan fingerprint density at radius 1 is 1.00 bits per heavy atom. The first-order chi connectivity index (χ1) is 11.3. The Labute approximate surface area is 151 Å². The largest absolute Gasteiger partial charge is 0.738 e. The molecule has 0 unspecified atom stereocenters. The third kappa shape index (κ3) is 1.97. The van der Waals surface area contributed by atoms with Crippen LogP contribution in [0.5, 0.6) is 0 Å². The highest BCUT2D eigenvalue weighted by molar-refractivity contribution is 9.18. The van der Waals surface area contributed by atoms with Crippen LogP contribution >= 0.6 is 31.9 Å². The van der Waals surface area contributed by atoms with Gasteiger partial charge in [-0.15, -0.1) is 0 Å². The number of fused-ring (bicyclic) bond motifs is 2. The molecule has 0 N–H and O–H groups in total. The molecule has 0 saturated carbocycles. The summed E-state index contributed by atoms with van der Waals surface area (Å²) in [7, 11) is 0. The highest BCUT2D eigenvalue weighted by atomic mass is 79.9. The summed E-state index contributed by atoms with van der Waals surface area (Å²) in [5, 5.41) is 0. The highest BCUT2D eigenvalue weighted by Gasteiger charge is 2.54. The molecule has 0 atom stereocenters. The first kappa shape index (κ1) is 15.9. The van der Waals surface area contributed by atoms with Crippen LogP contribution in [0.15, 0.2) is 52.8 Å². The zero-order valence-corrected chi connectivity index (χ0v) is 15.0. The van der Waals surface area contributed by atoms with Crippen LogP contribution in [0.3, 0.4) is 0 Å². The highest BCUT2D eigenvalue weighted by Crippen LogP contribution is 2.42. The van der Waals surface area contributed by atoms with Gasteiger partial charge in [0.1, 0.15) is 0 Å². The maximum Gasteiger partial charge on any atom is 0.738 e. The van der Waals surface area contributed by atoms with Crippen molar-refractivity contribution in [1.29, 1.82) is 0 Å². The van der Waals surface area contributed by atoms with Crippen LogP contribution in [0, 0.1) is 11.6 Å². The van der Waals surface area contributed by atoms with Crippen molar-refractivity contribution in [1.82, 2.24) is 4.48 Å². The summed E-state index contributed by atoms with van der Waals surface area (Å²) in [5.41, 5.74) is 0.375. The number of rotatable bonds is 1. The number of allylic oxidation sites excluding steroid dienone is 2. The summed E-state index contributed by atoms with van der Waals surface area (Å²) in [5.74, 6) is -2.10. The van der Waals surface area contributed by atoms with Crippen molar-refractivity contribution < 1.29 is 21.9 Å². The maximum atomic E-state index is 15.0. The van der Waals surface area contributed by atoms with E-state index >= 15 is 0 Å². The molecule has 0 fully saturated rings. The van der Waals surface area contributed by atoms with Gasteiger partial charge in [0.25, 0.3) is 0 Å². The average molecular weight is 462 g/mol. The molecule has 122 valence electrons. The van der Waals surface area contributed by atoms with E-state index in [1.807, 2.05) is 0 Å². The summed E-state index contributed by atoms with van der Waals surface area (Å²) in [4.78, 5) is 0. The van der Waals surface area contributed by atoms with E-state index in [4.69, 9.17) is 0 Å². The van der Waals surface area contributed by atoms with E-state index in [-0.39, 0.29) is 31.8 Å². The number of hydrogen-bond donors (Lipinski definition) is 0. The first-order valence-electron chi connectivity index (χ1n) is 6.92. The maximum absolute atomic E-state index is 15.0. The molecule has 2 aromatic rings. The van der Waals surface area contributed by atoms with E-state index in [9.17, 15) is 17.4 Å². The van der Waals surface area contributed by atoms with Crippen LogP contribution in [0.4, 0.5) is 17.4 Å². The molecule has 9 heteroatoms. The minimum atomic E-state index is -4.18. The molecule has 2 aliphatic rings. The van der Waals surface area contributed by atoms with E-state index in [0.717, 1.165) is 15.0 Å². The molecule has 0 amide bonds. The molecule has 0 spiro atoms. The second kappa shape index (κ2) is 5.19. The summed E-state index contributed by atoms with van der Waals surface area (Å²) >= 11 is 6.23.